The van der Waals surface area contributed by atoms with Gasteiger partial charge in [0.25, 0.3) is 0 Å². The van der Waals surface area contributed by atoms with Crippen LogP contribution in [0.1, 0.15) is 5.56 Å². The molecule has 1 aromatic rings. The molecular weight excluding hydrogens is 212 g/mol. The third-order valence-electron chi connectivity index (χ3n) is 1.51. The molecule has 0 amide bonds. The average Bonchev–Trinajstić information content (AvgIpc) is 2.14. The van der Waals surface area contributed by atoms with E-state index in [4.69, 9.17) is 0 Å². The molecule has 0 spiro atoms. The molecule has 78 valence electrons. The summed E-state index contributed by atoms with van der Waals surface area (Å²) in [6, 6.07) is 8.93. The van der Waals surface area contributed by atoms with Gasteiger partial charge in [0.1, 0.15) is 5.75 Å². The SMILES string of the molecule is CS(=O)(=O)CC(=O)C#Cc1ccccc1. The van der Waals surface area contributed by atoms with Gasteiger partial charge >= 0.3 is 0 Å². The molecule has 0 bridgehead atoms. The highest BCUT2D eigenvalue weighted by atomic mass is 32.2. The van der Waals surface area contributed by atoms with Crippen LogP contribution in [0.25, 0.3) is 0 Å². The first-order valence-corrected chi connectivity index (χ1v) is 6.31. The van der Waals surface area contributed by atoms with Crippen molar-refractivity contribution >= 4 is 15.6 Å². The fourth-order valence-corrected chi connectivity index (χ4v) is 1.49. The fourth-order valence-electron chi connectivity index (χ4n) is 0.938. The lowest BCUT2D eigenvalue weighted by Gasteiger charge is -1.89. The first kappa shape index (κ1) is 11.5. The predicted octanol–water partition coefficient (Wildman–Crippen LogP) is 0.652. The zero-order valence-corrected chi connectivity index (χ0v) is 9.04. The molecule has 1 rings (SSSR count). The molecule has 0 radical (unpaired) electrons. The van der Waals surface area contributed by atoms with E-state index >= 15 is 0 Å². The van der Waals surface area contributed by atoms with Crippen molar-refractivity contribution in [3.05, 3.63) is 35.9 Å². The summed E-state index contributed by atoms with van der Waals surface area (Å²) < 4.78 is 21.5. The van der Waals surface area contributed by atoms with Crippen LogP contribution in [0.2, 0.25) is 0 Å². The Kier molecular flexibility index (Phi) is 3.64. The van der Waals surface area contributed by atoms with E-state index in [0.717, 1.165) is 6.26 Å². The van der Waals surface area contributed by atoms with Gasteiger partial charge in [0, 0.05) is 11.8 Å². The second-order valence-corrected chi connectivity index (χ2v) is 5.25. The van der Waals surface area contributed by atoms with Gasteiger partial charge in [0.05, 0.1) is 0 Å². The smallest absolute Gasteiger partial charge is 0.220 e. The topological polar surface area (TPSA) is 51.2 Å². The molecule has 0 fully saturated rings. The minimum Gasteiger partial charge on any atom is -0.284 e. The molecule has 0 aliphatic heterocycles. The zero-order valence-electron chi connectivity index (χ0n) is 8.23. The summed E-state index contributed by atoms with van der Waals surface area (Å²) in [6.07, 6.45) is 1.01. The van der Waals surface area contributed by atoms with Gasteiger partial charge in [-0.2, -0.15) is 0 Å². The lowest BCUT2D eigenvalue weighted by atomic mass is 10.2. The van der Waals surface area contributed by atoms with Crippen molar-refractivity contribution in [3.63, 3.8) is 0 Å². The van der Waals surface area contributed by atoms with Crippen LogP contribution < -0.4 is 0 Å². The Hall–Kier alpha value is -1.60. The highest BCUT2D eigenvalue weighted by molar-refractivity contribution is 7.91. The Morgan fingerprint density at radius 3 is 2.40 bits per heavy atom. The average molecular weight is 222 g/mol. The quantitative estimate of drug-likeness (QED) is 0.690. The van der Waals surface area contributed by atoms with Crippen LogP contribution in [0.5, 0.6) is 0 Å². The van der Waals surface area contributed by atoms with Crippen molar-refractivity contribution in [3.8, 4) is 11.8 Å². The molecule has 3 nitrogen and oxygen atoms in total. The van der Waals surface area contributed by atoms with E-state index in [0.29, 0.717) is 5.56 Å². The largest absolute Gasteiger partial charge is 0.284 e. The van der Waals surface area contributed by atoms with Crippen LogP contribution in [0, 0.1) is 11.8 Å². The fraction of sp³-hybridized carbons (Fsp3) is 0.182. The summed E-state index contributed by atoms with van der Waals surface area (Å²) in [5.74, 6) is 3.79. The van der Waals surface area contributed by atoms with E-state index in [-0.39, 0.29) is 0 Å². The first-order chi connectivity index (χ1) is 6.97. The molecule has 0 unspecified atom stereocenters. The number of sulfone groups is 1. The van der Waals surface area contributed by atoms with Gasteiger partial charge in [-0.3, -0.25) is 4.79 Å². The van der Waals surface area contributed by atoms with E-state index in [1.165, 1.54) is 0 Å². The molecular formula is C11H10O3S. The van der Waals surface area contributed by atoms with E-state index in [1.54, 1.807) is 24.3 Å². The van der Waals surface area contributed by atoms with E-state index < -0.39 is 21.4 Å². The number of carbonyl (C=O) groups excluding carboxylic acids is 1. The molecule has 0 aliphatic rings. The maximum absolute atomic E-state index is 11.1. The number of rotatable bonds is 2. The molecule has 1 aromatic carbocycles. The predicted molar refractivity (Wildman–Crippen MR) is 58.0 cm³/mol. The molecule has 4 heteroatoms. The van der Waals surface area contributed by atoms with Crippen LogP contribution in [0.3, 0.4) is 0 Å². The Morgan fingerprint density at radius 2 is 1.87 bits per heavy atom. The van der Waals surface area contributed by atoms with Gasteiger partial charge in [0.15, 0.2) is 9.84 Å². The summed E-state index contributed by atoms with van der Waals surface area (Å²) in [7, 11) is -3.28. The zero-order chi connectivity index (χ0) is 11.3. The maximum atomic E-state index is 11.1. The van der Waals surface area contributed by atoms with Gasteiger partial charge in [-0.25, -0.2) is 8.42 Å². The Bertz CT molecular complexity index is 504. The molecule has 0 heterocycles. The third-order valence-corrected chi connectivity index (χ3v) is 2.30. The second-order valence-electron chi connectivity index (χ2n) is 3.11. The van der Waals surface area contributed by atoms with Crippen molar-refractivity contribution in [1.29, 1.82) is 0 Å². The van der Waals surface area contributed by atoms with Gasteiger partial charge < -0.3 is 0 Å². The molecule has 0 N–H and O–H groups in total. The monoisotopic (exact) mass is 222 g/mol. The summed E-state index contributed by atoms with van der Waals surface area (Å²) in [5.41, 5.74) is 0.694. The van der Waals surface area contributed by atoms with Crippen molar-refractivity contribution in [1.82, 2.24) is 0 Å². The van der Waals surface area contributed by atoms with E-state index in [9.17, 15) is 13.2 Å². The standard InChI is InChI=1S/C11H10O3S/c1-15(13,14)9-11(12)8-7-10-5-3-2-4-6-10/h2-6H,9H2,1H3. The van der Waals surface area contributed by atoms with E-state index in [1.807, 2.05) is 6.07 Å². The third kappa shape index (κ3) is 4.99. The van der Waals surface area contributed by atoms with E-state index in [2.05, 4.69) is 11.8 Å². The number of hydrogen-bond acceptors (Lipinski definition) is 3. The van der Waals surface area contributed by atoms with Crippen molar-refractivity contribution in [2.45, 2.75) is 0 Å². The van der Waals surface area contributed by atoms with Gasteiger partial charge in [-0.05, 0) is 18.1 Å². The van der Waals surface area contributed by atoms with Crippen molar-refractivity contribution in [2.75, 3.05) is 12.0 Å². The summed E-state index contributed by atoms with van der Waals surface area (Å²) in [4.78, 5) is 11.1. The lowest BCUT2D eigenvalue weighted by Crippen LogP contribution is -2.12. The minimum absolute atomic E-state index is 0.521. The van der Waals surface area contributed by atoms with Gasteiger partial charge in [0.2, 0.25) is 5.78 Å². The molecule has 0 aromatic heterocycles. The molecule has 0 saturated carbocycles. The first-order valence-electron chi connectivity index (χ1n) is 4.25. The van der Waals surface area contributed by atoms with Gasteiger partial charge in [-0.15, -0.1) is 0 Å². The number of benzene rings is 1. The molecule has 0 saturated heterocycles. The van der Waals surface area contributed by atoms with Crippen LogP contribution in [0.4, 0.5) is 0 Å². The summed E-state index contributed by atoms with van der Waals surface area (Å²) in [6.45, 7) is 0. The van der Waals surface area contributed by atoms with Crippen LogP contribution >= 0.6 is 0 Å². The van der Waals surface area contributed by atoms with Crippen LogP contribution in [-0.4, -0.2) is 26.2 Å². The lowest BCUT2D eigenvalue weighted by molar-refractivity contribution is -0.111. The number of hydrogen-bond donors (Lipinski definition) is 0. The second kappa shape index (κ2) is 4.76. The van der Waals surface area contributed by atoms with Crippen molar-refractivity contribution in [2.24, 2.45) is 0 Å². The molecule has 0 aliphatic carbocycles. The highest BCUT2D eigenvalue weighted by Crippen LogP contribution is 1.94. The maximum Gasteiger partial charge on any atom is 0.220 e. The van der Waals surface area contributed by atoms with Crippen LogP contribution in [-0.2, 0) is 14.6 Å². The normalized spacial score (nSPS) is 10.2. The molecule has 0 atom stereocenters. The minimum atomic E-state index is -3.28. The summed E-state index contributed by atoms with van der Waals surface area (Å²) >= 11 is 0. The Balaban J connectivity index is 2.72. The van der Waals surface area contributed by atoms with Crippen LogP contribution in [0.15, 0.2) is 30.3 Å². The number of carbonyl (C=O) groups is 1. The van der Waals surface area contributed by atoms with Gasteiger partial charge in [-0.1, -0.05) is 24.1 Å². The number of ketones is 1. The van der Waals surface area contributed by atoms with Crippen molar-refractivity contribution < 1.29 is 13.2 Å². The Labute approximate surface area is 89.0 Å². The molecule has 15 heavy (non-hydrogen) atoms. The number of Topliss-reactive ketones (excluding diaryl/α,β-unsaturated/α-hetero) is 1. The summed E-state index contributed by atoms with van der Waals surface area (Å²) in [5, 5.41) is 0. The highest BCUT2D eigenvalue weighted by Gasteiger charge is 2.07. The Morgan fingerprint density at radius 1 is 1.27 bits per heavy atom.